The van der Waals surface area contributed by atoms with Crippen molar-refractivity contribution in [1.82, 2.24) is 10.6 Å². The Morgan fingerprint density at radius 1 is 0.654 bits per heavy atom. The van der Waals surface area contributed by atoms with Gasteiger partial charge in [0.15, 0.2) is 11.6 Å². The smallest absolute Gasteiger partial charge is 0.336 e. The van der Waals surface area contributed by atoms with Crippen molar-refractivity contribution in [3.8, 4) is 0 Å². The van der Waals surface area contributed by atoms with E-state index in [2.05, 4.69) is 70.2 Å². The molecule has 0 saturated carbocycles. The molecule has 0 fully saturated rings. The molecule has 0 amide bonds. The first kappa shape index (κ1) is 39.4. The minimum Gasteiger partial charge on any atom is -0.463 e. The van der Waals surface area contributed by atoms with E-state index in [1.807, 2.05) is 62.4 Å². The zero-order chi connectivity index (χ0) is 38.1. The number of hydrogen-bond acceptors (Lipinski definition) is 8. The van der Waals surface area contributed by atoms with Gasteiger partial charge < -0.3 is 20.1 Å². The van der Waals surface area contributed by atoms with E-state index < -0.39 is 11.8 Å². The predicted octanol–water partition coefficient (Wildman–Crippen LogP) is 9.23. The predicted molar refractivity (Wildman–Crippen MR) is 209 cm³/mol. The lowest BCUT2D eigenvalue weighted by atomic mass is 9.68. The molecule has 0 radical (unpaired) electrons. The molecule has 0 bridgehead atoms. The molecule has 2 N–H and O–H groups in total. The highest BCUT2D eigenvalue weighted by Gasteiger charge is 2.45. The maximum atomic E-state index is 13.1. The SMILES string of the molecule is CCOC(=O)C1=C(C)NC2=C(C(=O)CC(C)(C)C2)[C@@H]1c1ccccc1Br.CCOC(=O)C1=C(C)NC2=C(C(=O)CC(C)(C)C2)[C@H]1c1ccccc1Br. The monoisotopic (exact) mass is 834 g/mol. The van der Waals surface area contributed by atoms with Crippen LogP contribution in [-0.2, 0) is 28.7 Å². The summed E-state index contributed by atoms with van der Waals surface area (Å²) in [6.45, 7) is 16.3. The lowest BCUT2D eigenvalue weighted by molar-refractivity contribution is -0.139. The molecule has 0 spiro atoms. The topological polar surface area (TPSA) is 111 Å². The molecule has 2 atom stereocenters. The number of dihydropyridines is 2. The van der Waals surface area contributed by atoms with Crippen molar-refractivity contribution in [2.45, 2.75) is 92.9 Å². The van der Waals surface area contributed by atoms with Crippen LogP contribution in [0.25, 0.3) is 0 Å². The third-order valence-corrected chi connectivity index (χ3v) is 11.3. The van der Waals surface area contributed by atoms with Gasteiger partial charge in [0.25, 0.3) is 0 Å². The first-order valence-electron chi connectivity index (χ1n) is 17.8. The summed E-state index contributed by atoms with van der Waals surface area (Å²) in [7, 11) is 0. The molecule has 2 aliphatic carbocycles. The summed E-state index contributed by atoms with van der Waals surface area (Å²) < 4.78 is 12.4. The third kappa shape index (κ3) is 8.08. The van der Waals surface area contributed by atoms with Gasteiger partial charge in [-0.05, 0) is 74.6 Å². The fourth-order valence-electron chi connectivity index (χ4n) is 7.87. The highest BCUT2D eigenvalue weighted by Crippen LogP contribution is 2.49. The molecule has 8 nitrogen and oxygen atoms in total. The van der Waals surface area contributed by atoms with Crippen LogP contribution in [0.5, 0.6) is 0 Å². The van der Waals surface area contributed by atoms with Gasteiger partial charge in [-0.2, -0.15) is 0 Å². The van der Waals surface area contributed by atoms with Crippen LogP contribution in [0.15, 0.2) is 103 Å². The van der Waals surface area contributed by atoms with Gasteiger partial charge in [0.1, 0.15) is 0 Å². The van der Waals surface area contributed by atoms with Crippen LogP contribution in [0.2, 0.25) is 0 Å². The third-order valence-electron chi connectivity index (χ3n) is 9.90. The van der Waals surface area contributed by atoms with Crippen LogP contribution in [0.1, 0.15) is 104 Å². The number of allylic oxidation sites excluding steroid dienone is 6. The molecule has 6 rings (SSSR count). The molecule has 10 heteroatoms. The number of esters is 2. The van der Waals surface area contributed by atoms with E-state index in [1.165, 1.54) is 0 Å². The Kier molecular flexibility index (Phi) is 11.9. The van der Waals surface area contributed by atoms with E-state index in [1.54, 1.807) is 13.8 Å². The van der Waals surface area contributed by atoms with Crippen LogP contribution >= 0.6 is 31.9 Å². The molecule has 2 aliphatic heterocycles. The minimum atomic E-state index is -0.413. The zero-order valence-electron chi connectivity index (χ0n) is 31.2. The Morgan fingerprint density at radius 2 is 1.00 bits per heavy atom. The number of halogens is 2. The fraction of sp³-hybridized carbons (Fsp3) is 0.429. The molecule has 2 aromatic rings. The summed E-state index contributed by atoms with van der Waals surface area (Å²) >= 11 is 7.19. The first-order valence-corrected chi connectivity index (χ1v) is 19.4. The maximum Gasteiger partial charge on any atom is 0.336 e. The van der Waals surface area contributed by atoms with Crippen LogP contribution in [0.4, 0.5) is 0 Å². The number of rotatable bonds is 6. The number of carbonyl (C=O) groups is 4. The standard InChI is InChI=1S/2C21H24BrNO3/c2*1-5-26-20(25)17-12(2)23-15-10-21(3,4)11-16(24)19(15)18(17)13-8-6-7-9-14(13)22/h2*6-9,18,23H,5,10-11H2,1-4H3/t2*18-/m10/s1. The number of nitrogens with one attached hydrogen (secondary N) is 2. The number of benzene rings is 2. The molecule has 0 saturated heterocycles. The van der Waals surface area contributed by atoms with Gasteiger partial charge in [0.05, 0.1) is 24.4 Å². The second kappa shape index (κ2) is 15.7. The quantitative estimate of drug-likeness (QED) is 0.278. The molecule has 0 unspecified atom stereocenters. The lowest BCUT2D eigenvalue weighted by Crippen LogP contribution is -2.38. The molecule has 0 aromatic heterocycles. The number of ether oxygens (including phenoxy) is 2. The Hall–Kier alpha value is -3.76. The van der Waals surface area contributed by atoms with Gasteiger partial charge in [0, 0.05) is 67.6 Å². The summed E-state index contributed by atoms with van der Waals surface area (Å²) in [6.07, 6.45) is 2.51. The van der Waals surface area contributed by atoms with Crippen molar-refractivity contribution in [3.63, 3.8) is 0 Å². The summed E-state index contributed by atoms with van der Waals surface area (Å²) in [5, 5.41) is 6.67. The number of carbonyl (C=O) groups excluding carboxylic acids is 4. The van der Waals surface area contributed by atoms with Crippen LogP contribution in [0, 0.1) is 10.8 Å². The van der Waals surface area contributed by atoms with Crippen molar-refractivity contribution in [2.75, 3.05) is 13.2 Å². The summed E-state index contributed by atoms with van der Waals surface area (Å²) in [6, 6.07) is 15.5. The van der Waals surface area contributed by atoms with Crippen LogP contribution in [-0.4, -0.2) is 36.7 Å². The summed E-state index contributed by atoms with van der Waals surface area (Å²) in [5.41, 5.74) is 7.45. The lowest BCUT2D eigenvalue weighted by Gasteiger charge is -2.39. The molecule has 2 aromatic carbocycles. The second-order valence-corrected chi connectivity index (χ2v) is 17.1. The Labute approximate surface area is 323 Å². The zero-order valence-corrected chi connectivity index (χ0v) is 34.4. The van der Waals surface area contributed by atoms with E-state index in [-0.39, 0.29) is 34.3 Å². The Balaban J connectivity index is 0.000000201. The van der Waals surface area contributed by atoms with Crippen LogP contribution < -0.4 is 10.6 Å². The highest BCUT2D eigenvalue weighted by atomic mass is 79.9. The largest absolute Gasteiger partial charge is 0.463 e. The van der Waals surface area contributed by atoms with Crippen molar-refractivity contribution in [2.24, 2.45) is 10.8 Å². The van der Waals surface area contributed by atoms with E-state index in [9.17, 15) is 19.2 Å². The summed E-state index contributed by atoms with van der Waals surface area (Å²) in [5.74, 6) is -1.38. The molecular weight excluding hydrogens is 788 g/mol. The Morgan fingerprint density at radius 3 is 1.33 bits per heavy atom. The minimum absolute atomic E-state index is 0.0941. The van der Waals surface area contributed by atoms with E-state index >= 15 is 0 Å². The van der Waals surface area contributed by atoms with Gasteiger partial charge in [0.2, 0.25) is 0 Å². The van der Waals surface area contributed by atoms with Gasteiger partial charge >= 0.3 is 11.9 Å². The maximum absolute atomic E-state index is 13.1. The fourth-order valence-corrected chi connectivity index (χ4v) is 8.90. The van der Waals surface area contributed by atoms with E-state index in [0.29, 0.717) is 48.3 Å². The van der Waals surface area contributed by atoms with Gasteiger partial charge in [-0.1, -0.05) is 96.0 Å². The molecule has 4 aliphatic rings. The van der Waals surface area contributed by atoms with Gasteiger partial charge in [-0.25, -0.2) is 9.59 Å². The number of ketones is 2. The van der Waals surface area contributed by atoms with Crippen LogP contribution in [0.3, 0.4) is 0 Å². The normalized spacial score (nSPS) is 22.0. The Bertz CT molecular complexity index is 1810. The molecule has 276 valence electrons. The van der Waals surface area contributed by atoms with Gasteiger partial charge in [-0.15, -0.1) is 0 Å². The number of hydrogen-bond donors (Lipinski definition) is 2. The average Bonchev–Trinajstić information content (AvgIpc) is 3.03. The second-order valence-electron chi connectivity index (χ2n) is 15.3. The van der Waals surface area contributed by atoms with E-state index in [0.717, 1.165) is 55.7 Å². The van der Waals surface area contributed by atoms with Crippen molar-refractivity contribution in [1.29, 1.82) is 0 Å². The van der Waals surface area contributed by atoms with Crippen molar-refractivity contribution >= 4 is 55.4 Å². The molecule has 52 heavy (non-hydrogen) atoms. The number of Topliss-reactive ketones (excluding diaryl/α,β-unsaturated/α-hetero) is 2. The highest BCUT2D eigenvalue weighted by molar-refractivity contribution is 9.10. The average molecular weight is 837 g/mol. The van der Waals surface area contributed by atoms with Crippen molar-refractivity contribution in [3.05, 3.63) is 114 Å². The molecule has 2 heterocycles. The van der Waals surface area contributed by atoms with Gasteiger partial charge in [-0.3, -0.25) is 9.59 Å². The first-order chi connectivity index (χ1) is 24.5. The van der Waals surface area contributed by atoms with E-state index in [4.69, 9.17) is 9.47 Å². The summed E-state index contributed by atoms with van der Waals surface area (Å²) in [4.78, 5) is 51.7. The molecular formula is C42H48Br2N2O6. The van der Waals surface area contributed by atoms with Crippen molar-refractivity contribution < 1.29 is 28.7 Å².